The lowest BCUT2D eigenvalue weighted by atomic mass is 10.0. The van der Waals surface area contributed by atoms with E-state index in [9.17, 15) is 9.18 Å². The summed E-state index contributed by atoms with van der Waals surface area (Å²) < 4.78 is 25.5. The molecule has 2 aliphatic rings. The van der Waals surface area contributed by atoms with E-state index in [1.54, 1.807) is 18.2 Å². The monoisotopic (exact) mass is 448 g/mol. The van der Waals surface area contributed by atoms with Crippen LogP contribution in [0, 0.1) is 5.82 Å². The Kier molecular flexibility index (Phi) is 5.92. The number of benzene rings is 3. The smallest absolute Gasteiger partial charge is 0.286 e. The largest absolute Gasteiger partial charge is 0.488 e. The van der Waals surface area contributed by atoms with Gasteiger partial charge in [0.25, 0.3) is 5.91 Å². The molecule has 0 saturated carbocycles. The van der Waals surface area contributed by atoms with Gasteiger partial charge in [-0.2, -0.15) is 4.99 Å². The molecule has 0 aromatic heterocycles. The van der Waals surface area contributed by atoms with Crippen molar-refractivity contribution in [3.05, 3.63) is 82.5 Å². The number of ether oxygens (including phenoxy) is 2. The van der Waals surface area contributed by atoms with Gasteiger partial charge in [0.05, 0.1) is 18.1 Å². The molecule has 0 atom stereocenters. The van der Waals surface area contributed by atoms with Crippen molar-refractivity contribution < 1.29 is 18.7 Å². The first-order valence-corrected chi connectivity index (χ1v) is 11.2. The predicted molar refractivity (Wildman–Crippen MR) is 125 cm³/mol. The highest BCUT2D eigenvalue weighted by Gasteiger charge is 2.27. The van der Waals surface area contributed by atoms with Crippen LogP contribution in [-0.2, 0) is 16.1 Å². The van der Waals surface area contributed by atoms with Crippen molar-refractivity contribution in [3.8, 4) is 5.75 Å². The lowest BCUT2D eigenvalue weighted by Crippen LogP contribution is -2.38. The van der Waals surface area contributed by atoms with Crippen LogP contribution in [0.5, 0.6) is 5.75 Å². The Morgan fingerprint density at radius 1 is 1.06 bits per heavy atom. The lowest BCUT2D eigenvalue weighted by molar-refractivity contribution is -0.113. The molecule has 3 aromatic rings. The van der Waals surface area contributed by atoms with Gasteiger partial charge in [0.1, 0.15) is 18.2 Å². The quantitative estimate of drug-likeness (QED) is 0.534. The van der Waals surface area contributed by atoms with E-state index in [-0.39, 0.29) is 18.3 Å². The number of fused-ring (bicyclic) bond motifs is 1. The fourth-order valence-electron chi connectivity index (χ4n) is 3.74. The van der Waals surface area contributed by atoms with Crippen molar-refractivity contribution in [3.63, 3.8) is 0 Å². The molecule has 7 heteroatoms. The van der Waals surface area contributed by atoms with Crippen LogP contribution in [0.25, 0.3) is 16.8 Å². The van der Waals surface area contributed by atoms with Crippen molar-refractivity contribution in [2.75, 3.05) is 26.3 Å². The maximum absolute atomic E-state index is 14.1. The van der Waals surface area contributed by atoms with E-state index in [4.69, 9.17) is 9.47 Å². The van der Waals surface area contributed by atoms with Crippen LogP contribution in [-0.4, -0.2) is 42.3 Å². The number of nitrogens with zero attached hydrogens (tertiary/aromatic N) is 2. The number of hydrogen-bond donors (Lipinski definition) is 0. The molecular weight excluding hydrogens is 427 g/mol. The Morgan fingerprint density at radius 2 is 1.84 bits per heavy atom. The number of halogens is 1. The van der Waals surface area contributed by atoms with E-state index in [1.165, 1.54) is 17.8 Å². The first-order chi connectivity index (χ1) is 15.7. The molecule has 162 valence electrons. The minimum absolute atomic E-state index is 0.0950. The standard InChI is InChI=1S/C25H21FN2O3S/c26-21-8-4-2-6-18(21)16-31-22-10-9-17-5-1-3-7-19(17)20(22)15-23-24(29)27-25(32-23)28-11-13-30-14-12-28/h1-10,15H,11-14,16H2. The number of carbonyl (C=O) groups excluding carboxylic acids is 1. The third kappa shape index (κ3) is 4.26. The maximum atomic E-state index is 14.1. The molecule has 1 amide bonds. The molecule has 5 nitrogen and oxygen atoms in total. The fraction of sp³-hybridized carbons (Fsp3) is 0.200. The van der Waals surface area contributed by atoms with Gasteiger partial charge in [-0.25, -0.2) is 4.39 Å². The highest BCUT2D eigenvalue weighted by Crippen LogP contribution is 2.36. The molecule has 2 aliphatic heterocycles. The Balaban J connectivity index is 1.47. The second kappa shape index (κ2) is 9.14. The molecule has 32 heavy (non-hydrogen) atoms. The third-order valence-corrected chi connectivity index (χ3v) is 6.48. The molecule has 1 fully saturated rings. The molecule has 0 radical (unpaired) electrons. The van der Waals surface area contributed by atoms with Gasteiger partial charge in [0, 0.05) is 24.2 Å². The van der Waals surface area contributed by atoms with Gasteiger partial charge in [0.2, 0.25) is 0 Å². The second-order valence-electron chi connectivity index (χ2n) is 7.49. The molecular formula is C25H21FN2O3S. The van der Waals surface area contributed by atoms with Crippen LogP contribution in [0.15, 0.2) is 70.6 Å². The molecule has 2 heterocycles. The number of carbonyl (C=O) groups is 1. The molecule has 5 rings (SSSR count). The van der Waals surface area contributed by atoms with E-state index in [1.807, 2.05) is 42.5 Å². The highest BCUT2D eigenvalue weighted by atomic mass is 32.2. The Bertz CT molecular complexity index is 1230. The van der Waals surface area contributed by atoms with Crippen LogP contribution in [0.4, 0.5) is 4.39 Å². The van der Waals surface area contributed by atoms with E-state index in [0.717, 1.165) is 29.4 Å². The van der Waals surface area contributed by atoms with Crippen molar-refractivity contribution in [2.45, 2.75) is 6.61 Å². The molecule has 0 unspecified atom stereocenters. The SMILES string of the molecule is O=C1N=C(N2CCOCC2)SC1=Cc1c(OCc2ccccc2F)ccc2ccccc12. The summed E-state index contributed by atoms with van der Waals surface area (Å²) in [6.45, 7) is 2.79. The zero-order chi connectivity index (χ0) is 21.9. The number of aliphatic imine (C=N–C) groups is 1. The summed E-state index contributed by atoms with van der Waals surface area (Å²) in [4.78, 5) is 19.6. The van der Waals surface area contributed by atoms with Crippen molar-refractivity contribution in [2.24, 2.45) is 4.99 Å². The molecule has 0 bridgehead atoms. The second-order valence-corrected chi connectivity index (χ2v) is 8.50. The summed E-state index contributed by atoms with van der Waals surface area (Å²) in [5, 5.41) is 2.69. The van der Waals surface area contributed by atoms with Gasteiger partial charge in [0.15, 0.2) is 5.17 Å². The van der Waals surface area contributed by atoms with Gasteiger partial charge in [-0.1, -0.05) is 48.5 Å². The van der Waals surface area contributed by atoms with Crippen molar-refractivity contribution in [1.82, 2.24) is 4.90 Å². The Morgan fingerprint density at radius 3 is 2.69 bits per heavy atom. The highest BCUT2D eigenvalue weighted by molar-refractivity contribution is 8.18. The Hall–Kier alpha value is -3.16. The minimum Gasteiger partial charge on any atom is -0.488 e. The lowest BCUT2D eigenvalue weighted by Gasteiger charge is -2.27. The first kappa shape index (κ1) is 20.7. The zero-order valence-corrected chi connectivity index (χ0v) is 18.1. The number of morpholine rings is 1. The first-order valence-electron chi connectivity index (χ1n) is 10.4. The van der Waals surface area contributed by atoms with Gasteiger partial charge >= 0.3 is 0 Å². The van der Waals surface area contributed by atoms with Crippen LogP contribution < -0.4 is 4.74 Å². The van der Waals surface area contributed by atoms with E-state index >= 15 is 0 Å². The number of amidine groups is 1. The number of thioether (sulfide) groups is 1. The average Bonchev–Trinajstić information content (AvgIpc) is 3.20. The number of amides is 1. The van der Waals surface area contributed by atoms with Gasteiger partial charge in [-0.05, 0) is 40.7 Å². The van der Waals surface area contributed by atoms with Gasteiger partial charge < -0.3 is 14.4 Å². The summed E-state index contributed by atoms with van der Waals surface area (Å²) >= 11 is 1.37. The third-order valence-electron chi connectivity index (χ3n) is 5.44. The summed E-state index contributed by atoms with van der Waals surface area (Å²) in [6, 6.07) is 18.3. The molecule has 1 saturated heterocycles. The van der Waals surface area contributed by atoms with Gasteiger partial charge in [-0.15, -0.1) is 0 Å². The summed E-state index contributed by atoms with van der Waals surface area (Å²) in [7, 11) is 0. The van der Waals surface area contributed by atoms with Crippen molar-refractivity contribution >= 4 is 39.7 Å². The van der Waals surface area contributed by atoms with Crippen LogP contribution in [0.1, 0.15) is 11.1 Å². The average molecular weight is 449 g/mol. The van der Waals surface area contributed by atoms with E-state index < -0.39 is 0 Å². The zero-order valence-electron chi connectivity index (χ0n) is 17.3. The Labute approximate surface area is 189 Å². The summed E-state index contributed by atoms with van der Waals surface area (Å²) in [5.74, 6) is 0.0235. The fourth-order valence-corrected chi connectivity index (χ4v) is 4.69. The maximum Gasteiger partial charge on any atom is 0.286 e. The molecule has 3 aromatic carbocycles. The van der Waals surface area contributed by atoms with Gasteiger partial charge in [-0.3, -0.25) is 4.79 Å². The van der Waals surface area contributed by atoms with Crippen LogP contribution >= 0.6 is 11.8 Å². The van der Waals surface area contributed by atoms with E-state index in [2.05, 4.69) is 9.89 Å². The number of hydrogen-bond acceptors (Lipinski definition) is 5. The molecule has 0 aliphatic carbocycles. The summed E-state index contributed by atoms with van der Waals surface area (Å²) in [6.07, 6.45) is 1.84. The van der Waals surface area contributed by atoms with Crippen LogP contribution in [0.3, 0.4) is 0 Å². The van der Waals surface area contributed by atoms with Crippen LogP contribution in [0.2, 0.25) is 0 Å². The number of rotatable bonds is 4. The van der Waals surface area contributed by atoms with Crippen molar-refractivity contribution in [1.29, 1.82) is 0 Å². The molecule has 0 N–H and O–H groups in total. The topological polar surface area (TPSA) is 51.1 Å². The molecule has 0 spiro atoms. The normalized spacial score (nSPS) is 17.8. The predicted octanol–water partition coefficient (Wildman–Crippen LogP) is 4.86. The minimum atomic E-state index is -0.307. The van der Waals surface area contributed by atoms with E-state index in [0.29, 0.717) is 34.6 Å². The summed E-state index contributed by atoms with van der Waals surface area (Å²) in [5.41, 5.74) is 1.26.